The highest BCUT2D eigenvalue weighted by Crippen LogP contribution is 2.12. The smallest absolute Gasteiger partial charge is 0.235 e. The zero-order chi connectivity index (χ0) is 15.2. The van der Waals surface area contributed by atoms with E-state index < -0.39 is 0 Å². The zero-order valence-electron chi connectivity index (χ0n) is 12.4. The summed E-state index contributed by atoms with van der Waals surface area (Å²) in [5, 5.41) is 6.29. The summed E-state index contributed by atoms with van der Waals surface area (Å²) in [4.78, 5) is 25.4. The zero-order valence-corrected chi connectivity index (χ0v) is 14.0. The second-order valence-corrected chi connectivity index (χ2v) is 6.09. The van der Waals surface area contributed by atoms with Crippen molar-refractivity contribution in [3.05, 3.63) is 11.8 Å². The van der Waals surface area contributed by atoms with Crippen LogP contribution in [0.2, 0.25) is 0 Å². The van der Waals surface area contributed by atoms with Crippen LogP contribution in [0, 0.1) is 6.92 Å². The second-order valence-electron chi connectivity index (χ2n) is 5.11. The number of halogens is 1. The molecule has 1 aromatic heterocycles. The summed E-state index contributed by atoms with van der Waals surface area (Å²) in [6, 6.07) is 1.72. The van der Waals surface area contributed by atoms with Gasteiger partial charge in [0.2, 0.25) is 11.8 Å². The van der Waals surface area contributed by atoms with E-state index in [1.165, 1.54) is 11.8 Å². The van der Waals surface area contributed by atoms with Crippen LogP contribution >= 0.6 is 24.2 Å². The number of hydrogen-bond acceptors (Lipinski definition) is 6. The van der Waals surface area contributed by atoms with Gasteiger partial charge in [0.1, 0.15) is 5.76 Å². The molecular formula is C13H21ClN4O3S. The number of thioether (sulfide) groups is 1. The first-order chi connectivity index (χ1) is 10.0. The van der Waals surface area contributed by atoms with E-state index in [0.717, 1.165) is 19.4 Å². The van der Waals surface area contributed by atoms with Crippen LogP contribution in [0.1, 0.15) is 18.6 Å². The molecule has 0 spiro atoms. The Morgan fingerprint density at radius 2 is 2.32 bits per heavy atom. The predicted octanol–water partition coefficient (Wildman–Crippen LogP) is 1.03. The van der Waals surface area contributed by atoms with Crippen LogP contribution in [-0.4, -0.2) is 52.5 Å². The topological polar surface area (TPSA) is 101 Å². The van der Waals surface area contributed by atoms with Crippen molar-refractivity contribution in [1.82, 2.24) is 10.1 Å². The van der Waals surface area contributed by atoms with Crippen molar-refractivity contribution in [2.45, 2.75) is 25.8 Å². The summed E-state index contributed by atoms with van der Waals surface area (Å²) in [5.41, 5.74) is 5.85. The fraction of sp³-hybridized carbons (Fsp3) is 0.615. The lowest BCUT2D eigenvalue weighted by molar-refractivity contribution is -0.129. The summed E-state index contributed by atoms with van der Waals surface area (Å²) in [5.74, 6) is 1.37. The maximum Gasteiger partial charge on any atom is 0.235 e. The van der Waals surface area contributed by atoms with E-state index in [2.05, 4.69) is 10.5 Å². The number of nitrogens with one attached hydrogen (secondary N) is 1. The van der Waals surface area contributed by atoms with Gasteiger partial charge in [-0.05, 0) is 19.8 Å². The van der Waals surface area contributed by atoms with Gasteiger partial charge in [0.15, 0.2) is 5.82 Å². The first-order valence-electron chi connectivity index (χ1n) is 6.89. The number of anilines is 1. The Kier molecular flexibility index (Phi) is 7.70. The van der Waals surface area contributed by atoms with Gasteiger partial charge in [-0.15, -0.1) is 24.2 Å². The molecule has 0 saturated carbocycles. The number of rotatable bonds is 5. The van der Waals surface area contributed by atoms with Gasteiger partial charge in [0.25, 0.3) is 0 Å². The van der Waals surface area contributed by atoms with E-state index >= 15 is 0 Å². The van der Waals surface area contributed by atoms with Crippen LogP contribution in [-0.2, 0) is 9.59 Å². The normalized spacial score (nSPS) is 17.7. The van der Waals surface area contributed by atoms with Crippen molar-refractivity contribution in [2.24, 2.45) is 5.73 Å². The van der Waals surface area contributed by atoms with Gasteiger partial charge in [0.05, 0.1) is 11.5 Å². The number of carbonyl (C=O) groups excluding carboxylic acids is 2. The van der Waals surface area contributed by atoms with E-state index in [-0.39, 0.29) is 41.8 Å². The van der Waals surface area contributed by atoms with Crippen molar-refractivity contribution in [2.75, 3.05) is 29.9 Å². The Morgan fingerprint density at radius 3 is 2.95 bits per heavy atom. The van der Waals surface area contributed by atoms with Gasteiger partial charge in [0, 0.05) is 25.2 Å². The van der Waals surface area contributed by atoms with Gasteiger partial charge in [-0.2, -0.15) is 0 Å². The van der Waals surface area contributed by atoms with Gasteiger partial charge in [-0.1, -0.05) is 5.16 Å². The van der Waals surface area contributed by atoms with Gasteiger partial charge >= 0.3 is 0 Å². The number of carbonyl (C=O) groups is 2. The molecule has 1 aliphatic heterocycles. The number of aromatic nitrogens is 1. The average Bonchev–Trinajstić information content (AvgIpc) is 2.84. The van der Waals surface area contributed by atoms with Crippen LogP contribution < -0.4 is 11.1 Å². The van der Waals surface area contributed by atoms with Crippen LogP contribution in [0.4, 0.5) is 5.82 Å². The molecule has 2 amide bonds. The highest BCUT2D eigenvalue weighted by Gasteiger charge is 2.21. The fourth-order valence-electron chi connectivity index (χ4n) is 2.16. The molecule has 0 radical (unpaired) electrons. The fourth-order valence-corrected chi connectivity index (χ4v) is 2.88. The Labute approximate surface area is 139 Å². The molecule has 1 fully saturated rings. The SMILES string of the molecule is Cc1cc(NC(=O)CSCC(=O)N2CCCC(N)C2)no1.Cl. The highest BCUT2D eigenvalue weighted by atomic mass is 35.5. The molecule has 0 aromatic carbocycles. The van der Waals surface area contributed by atoms with E-state index in [1.54, 1.807) is 17.9 Å². The lowest BCUT2D eigenvalue weighted by Gasteiger charge is -2.30. The minimum atomic E-state index is -0.198. The molecule has 124 valence electrons. The highest BCUT2D eigenvalue weighted by molar-refractivity contribution is 8.00. The molecular weight excluding hydrogens is 328 g/mol. The number of amides is 2. The summed E-state index contributed by atoms with van der Waals surface area (Å²) < 4.78 is 4.85. The number of nitrogens with two attached hydrogens (primary N) is 1. The number of hydrogen-bond donors (Lipinski definition) is 2. The maximum absolute atomic E-state index is 12.0. The molecule has 7 nitrogen and oxygen atoms in total. The molecule has 22 heavy (non-hydrogen) atoms. The summed E-state index contributed by atoms with van der Waals surface area (Å²) in [6.07, 6.45) is 1.92. The third-order valence-corrected chi connectivity index (χ3v) is 4.08. The first kappa shape index (κ1) is 18.8. The maximum atomic E-state index is 12.0. The van der Waals surface area contributed by atoms with Crippen molar-refractivity contribution in [1.29, 1.82) is 0 Å². The van der Waals surface area contributed by atoms with Crippen LogP contribution in [0.15, 0.2) is 10.6 Å². The Balaban J connectivity index is 0.00000242. The van der Waals surface area contributed by atoms with Crippen molar-refractivity contribution < 1.29 is 14.1 Å². The molecule has 1 saturated heterocycles. The summed E-state index contributed by atoms with van der Waals surface area (Å²) >= 11 is 1.29. The van der Waals surface area contributed by atoms with Gasteiger partial charge in [-0.3, -0.25) is 9.59 Å². The quantitative estimate of drug-likeness (QED) is 0.824. The molecule has 1 aromatic rings. The molecule has 0 aliphatic carbocycles. The minimum Gasteiger partial charge on any atom is -0.360 e. The van der Waals surface area contributed by atoms with E-state index in [1.807, 2.05) is 0 Å². The monoisotopic (exact) mass is 348 g/mol. The lowest BCUT2D eigenvalue weighted by atomic mass is 10.1. The summed E-state index contributed by atoms with van der Waals surface area (Å²) in [7, 11) is 0. The van der Waals surface area contributed by atoms with E-state index in [0.29, 0.717) is 18.1 Å². The molecule has 1 atom stereocenters. The second kappa shape index (κ2) is 9.02. The third-order valence-electron chi connectivity index (χ3n) is 3.16. The van der Waals surface area contributed by atoms with Crippen molar-refractivity contribution in [3.63, 3.8) is 0 Å². The number of aryl methyl sites for hydroxylation is 1. The van der Waals surface area contributed by atoms with E-state index in [4.69, 9.17) is 10.3 Å². The number of piperidine rings is 1. The molecule has 0 bridgehead atoms. The van der Waals surface area contributed by atoms with Gasteiger partial charge < -0.3 is 20.5 Å². The minimum absolute atomic E-state index is 0. The predicted molar refractivity (Wildman–Crippen MR) is 88.2 cm³/mol. The first-order valence-corrected chi connectivity index (χ1v) is 8.04. The van der Waals surface area contributed by atoms with Gasteiger partial charge in [-0.25, -0.2) is 0 Å². The average molecular weight is 349 g/mol. The van der Waals surface area contributed by atoms with E-state index in [9.17, 15) is 9.59 Å². The van der Waals surface area contributed by atoms with Crippen LogP contribution in [0.3, 0.4) is 0 Å². The lowest BCUT2D eigenvalue weighted by Crippen LogP contribution is -2.46. The van der Waals surface area contributed by atoms with Crippen LogP contribution in [0.5, 0.6) is 0 Å². The number of nitrogens with zero attached hydrogens (tertiary/aromatic N) is 2. The van der Waals surface area contributed by atoms with Crippen molar-refractivity contribution in [3.8, 4) is 0 Å². The molecule has 2 heterocycles. The molecule has 2 rings (SSSR count). The Hall–Kier alpha value is -1.25. The molecule has 1 aliphatic rings. The molecule has 3 N–H and O–H groups in total. The number of likely N-dealkylation sites (tertiary alicyclic amines) is 1. The van der Waals surface area contributed by atoms with Crippen LogP contribution in [0.25, 0.3) is 0 Å². The standard InChI is InChI=1S/C13H20N4O3S.ClH/c1-9-5-11(16-20-9)15-12(18)7-21-8-13(19)17-4-2-3-10(14)6-17;/h5,10H,2-4,6-8,14H2,1H3,(H,15,16,18);1H. The molecule has 1 unspecified atom stereocenters. The molecule has 9 heteroatoms. The third kappa shape index (κ3) is 5.86. The Morgan fingerprint density at radius 1 is 1.55 bits per heavy atom. The largest absolute Gasteiger partial charge is 0.360 e. The Bertz CT molecular complexity index is 511. The summed E-state index contributed by atoms with van der Waals surface area (Å²) in [6.45, 7) is 3.13. The van der Waals surface area contributed by atoms with Crippen molar-refractivity contribution >= 4 is 41.8 Å².